The van der Waals surface area contributed by atoms with Crippen LogP contribution in [0.25, 0.3) is 17.2 Å². The SMILES string of the molecule is Cc1ccc2c(c1)-c1ccccc1C2COC(=O)N[C@@H](Cc1ccc2c(c1)C=CNC2)C(=O)O. The van der Waals surface area contributed by atoms with Crippen LogP contribution < -0.4 is 10.6 Å². The maximum atomic E-state index is 12.6. The van der Waals surface area contributed by atoms with E-state index >= 15 is 0 Å². The number of carboxylic acid groups (broad SMARTS) is 1. The van der Waals surface area contributed by atoms with Crippen LogP contribution in [-0.2, 0) is 22.5 Å². The highest BCUT2D eigenvalue weighted by Crippen LogP contribution is 2.45. The van der Waals surface area contributed by atoms with Crippen molar-refractivity contribution >= 4 is 18.1 Å². The minimum Gasteiger partial charge on any atom is -0.480 e. The summed E-state index contributed by atoms with van der Waals surface area (Å²) in [6.45, 7) is 2.94. The van der Waals surface area contributed by atoms with Gasteiger partial charge in [-0.3, -0.25) is 0 Å². The number of amides is 1. The Labute approximate surface area is 198 Å². The molecule has 6 nitrogen and oxygen atoms in total. The Balaban J connectivity index is 1.26. The maximum absolute atomic E-state index is 12.6. The summed E-state index contributed by atoms with van der Waals surface area (Å²) in [5, 5.41) is 15.4. The molecule has 0 fully saturated rings. The first-order chi connectivity index (χ1) is 16.5. The van der Waals surface area contributed by atoms with Crippen molar-refractivity contribution in [3.8, 4) is 11.1 Å². The Morgan fingerprint density at radius 3 is 2.76 bits per heavy atom. The third-order valence-electron chi connectivity index (χ3n) is 6.51. The van der Waals surface area contributed by atoms with E-state index in [4.69, 9.17) is 4.74 Å². The molecule has 3 aromatic carbocycles. The van der Waals surface area contributed by atoms with Crippen molar-refractivity contribution < 1.29 is 19.4 Å². The van der Waals surface area contributed by atoms with Gasteiger partial charge >= 0.3 is 12.1 Å². The summed E-state index contributed by atoms with van der Waals surface area (Å²) in [5.41, 5.74) is 8.75. The molecule has 0 spiro atoms. The van der Waals surface area contributed by atoms with E-state index in [1.807, 2.05) is 42.6 Å². The van der Waals surface area contributed by atoms with E-state index < -0.39 is 18.1 Å². The van der Waals surface area contributed by atoms with Gasteiger partial charge in [0.05, 0.1) is 0 Å². The highest BCUT2D eigenvalue weighted by atomic mass is 16.5. The highest BCUT2D eigenvalue weighted by molar-refractivity contribution is 5.81. The minimum atomic E-state index is -1.10. The van der Waals surface area contributed by atoms with Crippen molar-refractivity contribution in [2.24, 2.45) is 0 Å². The van der Waals surface area contributed by atoms with Crippen LogP contribution in [0.1, 0.15) is 39.3 Å². The number of carbonyl (C=O) groups is 2. The van der Waals surface area contributed by atoms with Crippen molar-refractivity contribution in [3.63, 3.8) is 0 Å². The van der Waals surface area contributed by atoms with Crippen LogP contribution >= 0.6 is 0 Å². The van der Waals surface area contributed by atoms with Gasteiger partial charge in [-0.15, -0.1) is 0 Å². The number of hydrogen-bond donors (Lipinski definition) is 3. The first-order valence-electron chi connectivity index (χ1n) is 11.4. The molecule has 3 N–H and O–H groups in total. The fourth-order valence-corrected chi connectivity index (χ4v) is 4.78. The van der Waals surface area contributed by atoms with Gasteiger partial charge in [-0.1, -0.05) is 66.2 Å². The van der Waals surface area contributed by atoms with E-state index in [0.29, 0.717) is 0 Å². The fourth-order valence-electron chi connectivity index (χ4n) is 4.78. The zero-order valence-corrected chi connectivity index (χ0v) is 18.9. The van der Waals surface area contributed by atoms with Gasteiger partial charge in [0.15, 0.2) is 0 Å². The summed E-state index contributed by atoms with van der Waals surface area (Å²) in [4.78, 5) is 24.5. The standard InChI is InChI=1S/C28H26N2O4/c1-17-6-9-23-24(12-17)21-4-2-3-5-22(21)25(23)16-34-28(33)30-26(27(31)32)14-18-7-8-20-15-29-11-10-19(20)13-18/h2-13,25-26,29H,14-16H2,1H3,(H,30,33)(H,31,32)/t25?,26-/m0/s1. The molecule has 3 aromatic rings. The molecular weight excluding hydrogens is 428 g/mol. The van der Waals surface area contributed by atoms with Crippen molar-refractivity contribution in [1.82, 2.24) is 10.6 Å². The molecule has 2 atom stereocenters. The molecule has 0 saturated carbocycles. The van der Waals surface area contributed by atoms with E-state index in [1.54, 1.807) is 0 Å². The van der Waals surface area contributed by atoms with E-state index in [1.165, 1.54) is 5.56 Å². The van der Waals surface area contributed by atoms with Crippen LogP contribution in [0.5, 0.6) is 0 Å². The number of rotatable bonds is 6. The van der Waals surface area contributed by atoms with Crippen molar-refractivity contribution in [1.29, 1.82) is 0 Å². The molecule has 34 heavy (non-hydrogen) atoms. The maximum Gasteiger partial charge on any atom is 0.407 e. The number of aryl methyl sites for hydroxylation is 1. The lowest BCUT2D eigenvalue weighted by molar-refractivity contribution is -0.139. The summed E-state index contributed by atoms with van der Waals surface area (Å²) in [7, 11) is 0. The number of ether oxygens (including phenoxy) is 1. The Hall–Kier alpha value is -4.06. The highest BCUT2D eigenvalue weighted by Gasteiger charge is 2.30. The van der Waals surface area contributed by atoms with Gasteiger partial charge in [0, 0.05) is 18.9 Å². The fraction of sp³-hybridized carbons (Fsp3) is 0.214. The molecular formula is C28H26N2O4. The first kappa shape index (κ1) is 21.8. The average Bonchev–Trinajstić information content (AvgIpc) is 3.15. The zero-order chi connectivity index (χ0) is 23.7. The molecule has 1 aliphatic carbocycles. The second-order valence-electron chi connectivity index (χ2n) is 8.82. The van der Waals surface area contributed by atoms with E-state index in [2.05, 4.69) is 47.9 Å². The monoisotopic (exact) mass is 454 g/mol. The second kappa shape index (κ2) is 9.06. The molecule has 1 amide bonds. The van der Waals surface area contributed by atoms with Crippen LogP contribution in [0.2, 0.25) is 0 Å². The van der Waals surface area contributed by atoms with Crippen LogP contribution in [0.3, 0.4) is 0 Å². The lowest BCUT2D eigenvalue weighted by Crippen LogP contribution is -2.43. The predicted octanol–water partition coefficient (Wildman–Crippen LogP) is 4.60. The smallest absolute Gasteiger partial charge is 0.407 e. The molecule has 0 bridgehead atoms. The van der Waals surface area contributed by atoms with Crippen LogP contribution in [0, 0.1) is 6.92 Å². The molecule has 6 heteroatoms. The number of benzene rings is 3. The third kappa shape index (κ3) is 4.27. The third-order valence-corrected chi connectivity index (χ3v) is 6.51. The van der Waals surface area contributed by atoms with Gasteiger partial charge in [0.25, 0.3) is 0 Å². The van der Waals surface area contributed by atoms with Gasteiger partial charge in [-0.05, 0) is 58.1 Å². The molecule has 172 valence electrons. The number of aliphatic carboxylic acids is 1. The Kier molecular flexibility index (Phi) is 5.80. The van der Waals surface area contributed by atoms with E-state index in [0.717, 1.165) is 45.5 Å². The topological polar surface area (TPSA) is 87.7 Å². The van der Waals surface area contributed by atoms with E-state index in [-0.39, 0.29) is 18.9 Å². The normalized spacial score (nSPS) is 16.0. The summed E-state index contributed by atoms with van der Waals surface area (Å²) < 4.78 is 5.55. The first-order valence-corrected chi connectivity index (χ1v) is 11.4. The molecule has 0 saturated heterocycles. The lowest BCUT2D eigenvalue weighted by Gasteiger charge is -2.18. The van der Waals surface area contributed by atoms with Gasteiger partial charge in [0.2, 0.25) is 0 Å². The quantitative estimate of drug-likeness (QED) is 0.507. The lowest BCUT2D eigenvalue weighted by atomic mass is 9.97. The van der Waals surface area contributed by atoms with E-state index in [9.17, 15) is 14.7 Å². The zero-order valence-electron chi connectivity index (χ0n) is 18.9. The molecule has 0 aromatic heterocycles. The predicted molar refractivity (Wildman–Crippen MR) is 130 cm³/mol. The summed E-state index contributed by atoms with van der Waals surface area (Å²) in [6.07, 6.45) is 3.27. The number of alkyl carbamates (subject to hydrolysis) is 1. The molecule has 1 aliphatic heterocycles. The Morgan fingerprint density at radius 2 is 1.91 bits per heavy atom. The largest absolute Gasteiger partial charge is 0.480 e. The number of fused-ring (bicyclic) bond motifs is 4. The summed E-state index contributed by atoms with van der Waals surface area (Å²) >= 11 is 0. The summed E-state index contributed by atoms with van der Waals surface area (Å²) in [5.74, 6) is -1.18. The number of carbonyl (C=O) groups excluding carboxylic acids is 1. The van der Waals surface area contributed by atoms with Crippen molar-refractivity contribution in [2.75, 3.05) is 6.61 Å². The van der Waals surface area contributed by atoms with Crippen LogP contribution in [-0.4, -0.2) is 29.8 Å². The Bertz CT molecular complexity index is 1300. The minimum absolute atomic E-state index is 0.0816. The van der Waals surface area contributed by atoms with Crippen LogP contribution in [0.15, 0.2) is 66.9 Å². The number of nitrogens with one attached hydrogen (secondary N) is 2. The van der Waals surface area contributed by atoms with Crippen LogP contribution in [0.4, 0.5) is 4.79 Å². The molecule has 0 radical (unpaired) electrons. The van der Waals surface area contributed by atoms with Crippen molar-refractivity contribution in [2.45, 2.75) is 31.8 Å². The van der Waals surface area contributed by atoms with Gasteiger partial charge in [-0.2, -0.15) is 0 Å². The second-order valence-corrected chi connectivity index (χ2v) is 8.82. The molecule has 1 heterocycles. The van der Waals surface area contributed by atoms with Gasteiger partial charge in [-0.25, -0.2) is 9.59 Å². The molecule has 1 unspecified atom stereocenters. The van der Waals surface area contributed by atoms with Gasteiger partial charge in [0.1, 0.15) is 12.6 Å². The Morgan fingerprint density at radius 1 is 1.09 bits per heavy atom. The van der Waals surface area contributed by atoms with Crippen molar-refractivity contribution in [3.05, 3.63) is 100 Å². The molecule has 5 rings (SSSR count). The molecule has 2 aliphatic rings. The number of hydrogen-bond acceptors (Lipinski definition) is 4. The van der Waals surface area contributed by atoms with Gasteiger partial charge < -0.3 is 20.5 Å². The average molecular weight is 455 g/mol. The summed E-state index contributed by atoms with van der Waals surface area (Å²) in [6, 6.07) is 19.2. The number of carboxylic acids is 1.